The minimum Gasteiger partial charge on any atom is -0.340 e. The van der Waals surface area contributed by atoms with Gasteiger partial charge in [-0.25, -0.2) is 17.4 Å². The van der Waals surface area contributed by atoms with Crippen LogP contribution in [0.2, 0.25) is 0 Å². The molecule has 0 atom stereocenters. The summed E-state index contributed by atoms with van der Waals surface area (Å²) < 4.78 is 27.8. The van der Waals surface area contributed by atoms with Gasteiger partial charge in [0.25, 0.3) is 10.0 Å². The van der Waals surface area contributed by atoms with E-state index in [4.69, 9.17) is 0 Å². The van der Waals surface area contributed by atoms with Crippen LogP contribution in [0.3, 0.4) is 0 Å². The molecule has 0 unspecified atom stereocenters. The number of hydrogen-bond acceptors (Lipinski definition) is 6. The molecular formula is C21H21N5O2S. The van der Waals surface area contributed by atoms with Crippen molar-refractivity contribution in [3.63, 3.8) is 0 Å². The molecule has 0 saturated carbocycles. The summed E-state index contributed by atoms with van der Waals surface area (Å²) in [5.74, 6) is 0.732. The van der Waals surface area contributed by atoms with Crippen LogP contribution in [0.25, 0.3) is 10.9 Å². The maximum absolute atomic E-state index is 13.3. The van der Waals surface area contributed by atoms with E-state index < -0.39 is 10.0 Å². The molecule has 2 N–H and O–H groups in total. The molecule has 0 fully saturated rings. The number of aromatic nitrogens is 3. The summed E-state index contributed by atoms with van der Waals surface area (Å²) in [6.45, 7) is 2.52. The van der Waals surface area contributed by atoms with Crippen molar-refractivity contribution in [2.45, 2.75) is 18.4 Å². The second kappa shape index (κ2) is 7.65. The van der Waals surface area contributed by atoms with Gasteiger partial charge < -0.3 is 10.6 Å². The highest BCUT2D eigenvalue weighted by atomic mass is 32.2. The second-order valence-electron chi connectivity index (χ2n) is 6.70. The van der Waals surface area contributed by atoms with Crippen LogP contribution in [0.4, 0.5) is 11.5 Å². The molecule has 8 heteroatoms. The topological polar surface area (TPSA) is 88.9 Å². The molecule has 148 valence electrons. The molecule has 4 rings (SSSR count). The first-order valence-corrected chi connectivity index (χ1v) is 10.6. The van der Waals surface area contributed by atoms with Crippen LogP contribution >= 0.6 is 0 Å². The van der Waals surface area contributed by atoms with E-state index in [0.29, 0.717) is 12.1 Å². The van der Waals surface area contributed by atoms with Crippen molar-refractivity contribution in [1.82, 2.24) is 19.3 Å². The zero-order valence-corrected chi connectivity index (χ0v) is 16.9. The van der Waals surface area contributed by atoms with Crippen LogP contribution in [0, 0.1) is 6.92 Å². The maximum atomic E-state index is 13.3. The van der Waals surface area contributed by atoms with Gasteiger partial charge >= 0.3 is 0 Å². The molecule has 3 aromatic heterocycles. The standard InChI is InChI=1S/C21H21N5O2S/c1-15-5-3-10-24-21(15)25-17-7-8-19-16(12-22-2)14-26(20(19)11-17)29(27,28)18-6-4-9-23-13-18/h3-11,13-14,22H,12H2,1-2H3,(H,24,25). The molecule has 0 bridgehead atoms. The van der Waals surface area contributed by atoms with Gasteiger partial charge in [0.1, 0.15) is 10.7 Å². The summed E-state index contributed by atoms with van der Waals surface area (Å²) >= 11 is 0. The minimum absolute atomic E-state index is 0.145. The molecule has 0 aliphatic carbocycles. The van der Waals surface area contributed by atoms with E-state index in [9.17, 15) is 8.42 Å². The Bertz CT molecular complexity index is 1270. The molecule has 7 nitrogen and oxygen atoms in total. The van der Waals surface area contributed by atoms with Crippen LogP contribution in [-0.2, 0) is 16.6 Å². The Hall–Kier alpha value is -3.23. The number of anilines is 2. The minimum atomic E-state index is -3.78. The largest absolute Gasteiger partial charge is 0.340 e. The number of hydrogen-bond donors (Lipinski definition) is 2. The van der Waals surface area contributed by atoms with Gasteiger partial charge in [0.15, 0.2) is 0 Å². The van der Waals surface area contributed by atoms with Gasteiger partial charge in [-0.1, -0.05) is 12.1 Å². The summed E-state index contributed by atoms with van der Waals surface area (Å²) in [5, 5.41) is 7.24. The number of aryl methyl sites for hydroxylation is 1. The Kier molecular flexibility index (Phi) is 5.04. The van der Waals surface area contributed by atoms with E-state index in [0.717, 1.165) is 28.0 Å². The van der Waals surface area contributed by atoms with Gasteiger partial charge in [-0.2, -0.15) is 0 Å². The predicted octanol–water partition coefficient (Wildman–Crippen LogP) is 3.44. The quantitative estimate of drug-likeness (QED) is 0.509. The highest BCUT2D eigenvalue weighted by molar-refractivity contribution is 7.90. The van der Waals surface area contributed by atoms with E-state index in [2.05, 4.69) is 20.6 Å². The third kappa shape index (κ3) is 3.59. The Balaban J connectivity index is 1.86. The number of benzene rings is 1. The smallest absolute Gasteiger partial charge is 0.269 e. The Morgan fingerprint density at radius 1 is 1.10 bits per heavy atom. The average Bonchev–Trinajstić information content (AvgIpc) is 3.09. The van der Waals surface area contributed by atoms with Crippen LogP contribution in [0.5, 0.6) is 0 Å². The lowest BCUT2D eigenvalue weighted by atomic mass is 10.1. The van der Waals surface area contributed by atoms with Crippen LogP contribution in [-0.4, -0.2) is 29.4 Å². The first-order chi connectivity index (χ1) is 14.0. The van der Waals surface area contributed by atoms with Gasteiger partial charge in [0.05, 0.1) is 5.52 Å². The number of fused-ring (bicyclic) bond motifs is 1. The molecule has 3 heterocycles. The number of pyridine rings is 2. The van der Waals surface area contributed by atoms with E-state index in [1.807, 2.05) is 44.3 Å². The number of nitrogens with zero attached hydrogens (tertiary/aromatic N) is 3. The molecule has 0 radical (unpaired) electrons. The number of rotatable bonds is 6. The van der Waals surface area contributed by atoms with Crippen molar-refractivity contribution in [3.8, 4) is 0 Å². The molecule has 4 aromatic rings. The molecule has 0 aliphatic rings. The van der Waals surface area contributed by atoms with Gasteiger partial charge in [-0.05, 0) is 55.4 Å². The Morgan fingerprint density at radius 3 is 2.66 bits per heavy atom. The number of nitrogens with one attached hydrogen (secondary N) is 2. The first-order valence-electron chi connectivity index (χ1n) is 9.13. The first kappa shape index (κ1) is 19.1. The molecule has 0 saturated heterocycles. The molecule has 0 aliphatic heterocycles. The highest BCUT2D eigenvalue weighted by Gasteiger charge is 2.21. The van der Waals surface area contributed by atoms with Crippen LogP contribution in [0.15, 0.2) is 72.1 Å². The van der Waals surface area contributed by atoms with Crippen molar-refractivity contribution in [1.29, 1.82) is 0 Å². The lowest BCUT2D eigenvalue weighted by Gasteiger charge is -2.10. The second-order valence-corrected chi connectivity index (χ2v) is 8.52. The normalized spacial score (nSPS) is 11.7. The zero-order chi connectivity index (χ0) is 20.4. The van der Waals surface area contributed by atoms with Crippen LogP contribution < -0.4 is 10.6 Å². The van der Waals surface area contributed by atoms with E-state index >= 15 is 0 Å². The molecule has 1 aromatic carbocycles. The SMILES string of the molecule is CNCc1cn(S(=O)(=O)c2cccnc2)c2cc(Nc3ncccc3C)ccc12. The zero-order valence-electron chi connectivity index (χ0n) is 16.1. The Labute approximate surface area is 169 Å². The summed E-state index contributed by atoms with van der Waals surface area (Å²) in [5.41, 5.74) is 3.26. The van der Waals surface area contributed by atoms with E-state index in [1.165, 1.54) is 10.2 Å². The third-order valence-corrected chi connectivity index (χ3v) is 6.34. The lowest BCUT2D eigenvalue weighted by Crippen LogP contribution is -2.12. The fourth-order valence-electron chi connectivity index (χ4n) is 3.24. The Morgan fingerprint density at radius 2 is 1.93 bits per heavy atom. The summed E-state index contributed by atoms with van der Waals surface area (Å²) in [7, 11) is -1.95. The van der Waals surface area contributed by atoms with Gasteiger partial charge in [0.2, 0.25) is 0 Å². The fourth-order valence-corrected chi connectivity index (χ4v) is 4.59. The van der Waals surface area contributed by atoms with Gasteiger partial charge in [-0.15, -0.1) is 0 Å². The van der Waals surface area contributed by atoms with Crippen molar-refractivity contribution in [3.05, 3.63) is 78.4 Å². The maximum Gasteiger partial charge on any atom is 0.269 e. The monoisotopic (exact) mass is 407 g/mol. The molecule has 0 spiro atoms. The predicted molar refractivity (Wildman–Crippen MR) is 114 cm³/mol. The highest BCUT2D eigenvalue weighted by Crippen LogP contribution is 2.29. The summed E-state index contributed by atoms with van der Waals surface area (Å²) in [6, 6.07) is 12.7. The lowest BCUT2D eigenvalue weighted by molar-refractivity contribution is 0.588. The van der Waals surface area contributed by atoms with Crippen LogP contribution in [0.1, 0.15) is 11.1 Å². The fraction of sp³-hybridized carbons (Fsp3) is 0.143. The van der Waals surface area contributed by atoms with E-state index in [-0.39, 0.29) is 4.90 Å². The van der Waals surface area contributed by atoms with E-state index in [1.54, 1.807) is 30.7 Å². The summed E-state index contributed by atoms with van der Waals surface area (Å²) in [6.07, 6.45) is 6.29. The average molecular weight is 407 g/mol. The van der Waals surface area contributed by atoms with Crippen molar-refractivity contribution in [2.75, 3.05) is 12.4 Å². The van der Waals surface area contributed by atoms with Crippen molar-refractivity contribution < 1.29 is 8.42 Å². The summed E-state index contributed by atoms with van der Waals surface area (Å²) in [4.78, 5) is 8.46. The van der Waals surface area contributed by atoms with Crippen molar-refractivity contribution >= 4 is 32.4 Å². The van der Waals surface area contributed by atoms with Crippen molar-refractivity contribution in [2.24, 2.45) is 0 Å². The van der Waals surface area contributed by atoms with Gasteiger partial charge in [-0.3, -0.25) is 4.98 Å². The molecule has 29 heavy (non-hydrogen) atoms. The third-order valence-electron chi connectivity index (χ3n) is 4.68. The van der Waals surface area contributed by atoms with Gasteiger partial charge in [0, 0.05) is 42.4 Å². The molecular weight excluding hydrogens is 386 g/mol. The molecule has 0 amide bonds.